The average Bonchev–Trinajstić information content (AvgIpc) is 2.61. The number of nitrogens with zero attached hydrogens (tertiary/aromatic N) is 2. The van der Waals surface area contributed by atoms with Crippen LogP contribution in [0.1, 0.15) is 65.0 Å². The monoisotopic (exact) mass is 322 g/mol. The first-order valence-electron chi connectivity index (χ1n) is 9.08. The Balaban J connectivity index is 0.000000471. The van der Waals surface area contributed by atoms with Crippen LogP contribution in [0.3, 0.4) is 0 Å². The van der Waals surface area contributed by atoms with Crippen molar-refractivity contribution in [1.82, 2.24) is 9.97 Å². The molecule has 1 aromatic carbocycles. The van der Waals surface area contributed by atoms with Gasteiger partial charge in [0.15, 0.2) is 0 Å². The zero-order valence-electron chi connectivity index (χ0n) is 16.0. The first-order chi connectivity index (χ1) is 11.4. The highest BCUT2D eigenvalue weighted by atomic mass is 14.7. The van der Waals surface area contributed by atoms with E-state index < -0.39 is 0 Å². The van der Waals surface area contributed by atoms with E-state index in [1.54, 1.807) is 0 Å². The number of benzene rings is 1. The summed E-state index contributed by atoms with van der Waals surface area (Å²) in [5, 5.41) is 2.33. The van der Waals surface area contributed by atoms with Gasteiger partial charge in [-0.1, -0.05) is 59.6 Å². The Morgan fingerprint density at radius 1 is 0.833 bits per heavy atom. The first-order valence-corrected chi connectivity index (χ1v) is 9.08. The van der Waals surface area contributed by atoms with E-state index in [9.17, 15) is 0 Å². The van der Waals surface area contributed by atoms with Crippen molar-refractivity contribution < 1.29 is 0 Å². The second-order valence-corrected chi connectivity index (χ2v) is 7.18. The maximum atomic E-state index is 4.69. The molecular weight excluding hydrogens is 292 g/mol. The predicted molar refractivity (Wildman–Crippen MR) is 106 cm³/mol. The molecule has 0 spiro atoms. The maximum Gasteiger partial charge on any atom is 0.0964 e. The third kappa shape index (κ3) is 3.92. The van der Waals surface area contributed by atoms with Crippen LogP contribution in [0.15, 0.2) is 36.7 Å². The predicted octanol–water partition coefficient (Wildman–Crippen LogP) is 6.59. The summed E-state index contributed by atoms with van der Waals surface area (Å²) in [7, 11) is 0. The van der Waals surface area contributed by atoms with E-state index in [1.165, 1.54) is 29.4 Å². The molecule has 0 aliphatic heterocycles. The summed E-state index contributed by atoms with van der Waals surface area (Å²) in [6, 6.07) is 8.71. The molecule has 0 saturated carbocycles. The zero-order valence-corrected chi connectivity index (χ0v) is 16.0. The molecule has 3 aromatic rings. The Kier molecular flexibility index (Phi) is 5.93. The van der Waals surface area contributed by atoms with Gasteiger partial charge in [0.2, 0.25) is 0 Å². The van der Waals surface area contributed by atoms with Crippen molar-refractivity contribution in [3.05, 3.63) is 47.8 Å². The molecule has 0 aliphatic carbocycles. The van der Waals surface area contributed by atoms with Gasteiger partial charge in [0, 0.05) is 23.2 Å². The number of hydrogen-bond acceptors (Lipinski definition) is 2. The fraction of sp³-hybridized carbons (Fsp3) is 0.455. The van der Waals surface area contributed by atoms with Gasteiger partial charge in [-0.05, 0) is 42.0 Å². The summed E-state index contributed by atoms with van der Waals surface area (Å²) in [5.74, 6) is 0. The highest BCUT2D eigenvalue weighted by molar-refractivity contribution is 6.02. The fourth-order valence-electron chi connectivity index (χ4n) is 2.48. The minimum absolute atomic E-state index is 0.164. The third-order valence-corrected chi connectivity index (χ3v) is 4.80. The lowest BCUT2D eigenvalue weighted by atomic mass is 9.83. The SMILES string of the molecule is CCC(C)(C)c1cnc2c(ccc3cc(C)cnc32)c1.CCCC. The van der Waals surface area contributed by atoms with Crippen molar-refractivity contribution in [3.63, 3.8) is 0 Å². The summed E-state index contributed by atoms with van der Waals surface area (Å²) in [4.78, 5) is 9.25. The van der Waals surface area contributed by atoms with Gasteiger partial charge in [-0.3, -0.25) is 9.97 Å². The Morgan fingerprint density at radius 2 is 1.38 bits per heavy atom. The van der Waals surface area contributed by atoms with Gasteiger partial charge in [-0.25, -0.2) is 0 Å². The van der Waals surface area contributed by atoms with Gasteiger partial charge < -0.3 is 0 Å². The highest BCUT2D eigenvalue weighted by Crippen LogP contribution is 2.30. The summed E-state index contributed by atoms with van der Waals surface area (Å²) in [5.41, 5.74) is 4.63. The van der Waals surface area contributed by atoms with Crippen LogP contribution in [-0.2, 0) is 5.41 Å². The topological polar surface area (TPSA) is 25.8 Å². The molecule has 2 heteroatoms. The summed E-state index contributed by atoms with van der Waals surface area (Å²) in [6.07, 6.45) is 7.66. The van der Waals surface area contributed by atoms with Gasteiger partial charge in [0.25, 0.3) is 0 Å². The molecule has 0 saturated heterocycles. The van der Waals surface area contributed by atoms with Crippen molar-refractivity contribution in [2.45, 2.75) is 66.2 Å². The van der Waals surface area contributed by atoms with Crippen LogP contribution in [0.25, 0.3) is 21.8 Å². The van der Waals surface area contributed by atoms with Crippen molar-refractivity contribution in [2.24, 2.45) is 0 Å². The van der Waals surface area contributed by atoms with Crippen LogP contribution in [0, 0.1) is 6.92 Å². The lowest BCUT2D eigenvalue weighted by Gasteiger charge is -2.23. The van der Waals surface area contributed by atoms with E-state index in [-0.39, 0.29) is 5.41 Å². The molecule has 0 unspecified atom stereocenters. The molecule has 3 rings (SSSR count). The van der Waals surface area contributed by atoms with Gasteiger partial charge >= 0.3 is 0 Å². The lowest BCUT2D eigenvalue weighted by Crippen LogP contribution is -2.15. The van der Waals surface area contributed by atoms with Crippen molar-refractivity contribution in [1.29, 1.82) is 0 Å². The highest BCUT2D eigenvalue weighted by Gasteiger charge is 2.19. The fourth-order valence-corrected chi connectivity index (χ4v) is 2.48. The normalized spacial score (nSPS) is 11.4. The van der Waals surface area contributed by atoms with E-state index in [0.717, 1.165) is 22.8 Å². The minimum atomic E-state index is 0.164. The molecular formula is C22H30N2. The number of pyridine rings is 2. The first kappa shape index (κ1) is 18.4. The maximum absolute atomic E-state index is 4.69. The van der Waals surface area contributed by atoms with Crippen molar-refractivity contribution in [2.75, 3.05) is 0 Å². The molecule has 128 valence electrons. The Hall–Kier alpha value is -1.96. The van der Waals surface area contributed by atoms with Crippen LogP contribution >= 0.6 is 0 Å². The lowest BCUT2D eigenvalue weighted by molar-refractivity contribution is 0.505. The third-order valence-electron chi connectivity index (χ3n) is 4.80. The summed E-state index contributed by atoms with van der Waals surface area (Å²) in [6.45, 7) is 13.2. The number of hydrogen-bond donors (Lipinski definition) is 0. The van der Waals surface area contributed by atoms with Crippen LogP contribution < -0.4 is 0 Å². The van der Waals surface area contributed by atoms with Gasteiger partial charge in [-0.15, -0.1) is 0 Å². The Morgan fingerprint density at radius 3 is 1.92 bits per heavy atom. The number of rotatable bonds is 3. The zero-order chi connectivity index (χ0) is 17.7. The molecule has 0 atom stereocenters. The smallest absolute Gasteiger partial charge is 0.0964 e. The second-order valence-electron chi connectivity index (χ2n) is 7.18. The number of aryl methyl sites for hydroxylation is 1. The molecule has 0 amide bonds. The molecule has 0 aliphatic rings. The van der Waals surface area contributed by atoms with Crippen LogP contribution in [0.2, 0.25) is 0 Å². The quantitative estimate of drug-likeness (QED) is 0.509. The molecule has 2 heterocycles. The molecule has 24 heavy (non-hydrogen) atoms. The van der Waals surface area contributed by atoms with Gasteiger partial charge in [0.05, 0.1) is 11.0 Å². The molecule has 0 fully saturated rings. The number of unbranched alkanes of at least 4 members (excludes halogenated alkanes) is 1. The van der Waals surface area contributed by atoms with E-state index >= 15 is 0 Å². The second kappa shape index (κ2) is 7.74. The van der Waals surface area contributed by atoms with E-state index in [1.807, 2.05) is 12.4 Å². The average molecular weight is 322 g/mol. The molecule has 0 N–H and O–H groups in total. The summed E-state index contributed by atoms with van der Waals surface area (Å²) >= 11 is 0. The number of fused-ring (bicyclic) bond motifs is 3. The largest absolute Gasteiger partial charge is 0.254 e. The van der Waals surface area contributed by atoms with E-state index in [4.69, 9.17) is 4.98 Å². The van der Waals surface area contributed by atoms with Crippen LogP contribution in [-0.4, -0.2) is 9.97 Å². The molecule has 2 aromatic heterocycles. The molecule has 2 nitrogen and oxygen atoms in total. The van der Waals surface area contributed by atoms with E-state index in [2.05, 4.69) is 70.8 Å². The van der Waals surface area contributed by atoms with E-state index in [0.29, 0.717) is 0 Å². The summed E-state index contributed by atoms with van der Waals surface area (Å²) < 4.78 is 0. The van der Waals surface area contributed by atoms with Crippen molar-refractivity contribution in [3.8, 4) is 0 Å². The Bertz CT molecular complexity index is 817. The van der Waals surface area contributed by atoms with Crippen LogP contribution in [0.4, 0.5) is 0 Å². The molecule has 0 radical (unpaired) electrons. The van der Waals surface area contributed by atoms with Crippen molar-refractivity contribution >= 4 is 21.8 Å². The standard InChI is InChI=1S/C18H20N2.C4H10/c1-5-18(3,4)15-9-14-7-6-13-8-12(2)10-19-16(13)17(14)20-11-15;1-3-4-2/h6-11H,5H2,1-4H3;3-4H2,1-2H3. The van der Waals surface area contributed by atoms with Gasteiger partial charge in [-0.2, -0.15) is 0 Å². The minimum Gasteiger partial charge on any atom is -0.254 e. The van der Waals surface area contributed by atoms with Gasteiger partial charge in [0.1, 0.15) is 0 Å². The van der Waals surface area contributed by atoms with Crippen LogP contribution in [0.5, 0.6) is 0 Å². The Labute approximate surface area is 146 Å². The number of aromatic nitrogens is 2. The molecule has 0 bridgehead atoms.